The van der Waals surface area contributed by atoms with Crippen LogP contribution < -0.4 is 5.32 Å². The molecule has 1 aromatic carbocycles. The van der Waals surface area contributed by atoms with Gasteiger partial charge < -0.3 is 10.1 Å². The van der Waals surface area contributed by atoms with Crippen molar-refractivity contribution in [3.63, 3.8) is 0 Å². The van der Waals surface area contributed by atoms with Gasteiger partial charge in [0.25, 0.3) is 5.91 Å². The Morgan fingerprint density at radius 1 is 1.27 bits per heavy atom. The van der Waals surface area contributed by atoms with E-state index in [1.54, 1.807) is 6.07 Å². The summed E-state index contributed by atoms with van der Waals surface area (Å²) < 4.78 is 18.4. The Morgan fingerprint density at radius 3 is 2.64 bits per heavy atom. The minimum atomic E-state index is -1.09. The van der Waals surface area contributed by atoms with E-state index >= 15 is 0 Å². The van der Waals surface area contributed by atoms with Gasteiger partial charge in [-0.25, -0.2) is 14.2 Å². The first-order valence-electron chi connectivity index (χ1n) is 6.35. The van der Waals surface area contributed by atoms with Gasteiger partial charge in [-0.2, -0.15) is 0 Å². The van der Waals surface area contributed by atoms with Crippen molar-refractivity contribution in [3.8, 4) is 0 Å². The Labute approximate surface area is 131 Å². The summed E-state index contributed by atoms with van der Waals surface area (Å²) >= 11 is 5.61. The van der Waals surface area contributed by atoms with Gasteiger partial charge in [0, 0.05) is 6.20 Å². The van der Waals surface area contributed by atoms with Crippen molar-refractivity contribution < 1.29 is 18.7 Å². The number of pyridine rings is 1. The van der Waals surface area contributed by atoms with Crippen molar-refractivity contribution in [2.45, 2.75) is 13.0 Å². The zero-order chi connectivity index (χ0) is 16.1. The summed E-state index contributed by atoms with van der Waals surface area (Å²) in [4.78, 5) is 27.5. The van der Waals surface area contributed by atoms with Crippen LogP contribution >= 0.6 is 11.6 Å². The molecule has 1 atom stereocenters. The SMILES string of the molecule is C[C@H](OC(=O)c1ccc(Cl)nc1)C(=O)Nc1ccccc1F. The lowest BCUT2D eigenvalue weighted by Gasteiger charge is -2.13. The summed E-state index contributed by atoms with van der Waals surface area (Å²) in [6.45, 7) is 1.39. The second kappa shape index (κ2) is 7.00. The topological polar surface area (TPSA) is 68.3 Å². The molecule has 114 valence electrons. The Balaban J connectivity index is 1.98. The van der Waals surface area contributed by atoms with Gasteiger partial charge in [0.05, 0.1) is 11.3 Å². The van der Waals surface area contributed by atoms with Crippen molar-refractivity contribution in [2.75, 3.05) is 5.32 Å². The van der Waals surface area contributed by atoms with Crippen LogP contribution in [0.25, 0.3) is 0 Å². The first kappa shape index (κ1) is 15.9. The molecule has 0 aliphatic rings. The smallest absolute Gasteiger partial charge is 0.340 e. The highest BCUT2D eigenvalue weighted by molar-refractivity contribution is 6.29. The van der Waals surface area contributed by atoms with E-state index in [-0.39, 0.29) is 16.4 Å². The molecule has 2 rings (SSSR count). The van der Waals surface area contributed by atoms with Crippen molar-refractivity contribution in [1.82, 2.24) is 4.98 Å². The van der Waals surface area contributed by atoms with E-state index in [2.05, 4.69) is 10.3 Å². The van der Waals surface area contributed by atoms with Crippen molar-refractivity contribution in [3.05, 3.63) is 59.1 Å². The molecule has 1 heterocycles. The molecule has 0 saturated carbocycles. The second-order valence-electron chi connectivity index (χ2n) is 4.39. The number of nitrogens with one attached hydrogen (secondary N) is 1. The van der Waals surface area contributed by atoms with Gasteiger partial charge in [-0.1, -0.05) is 23.7 Å². The average Bonchev–Trinajstić information content (AvgIpc) is 2.50. The number of rotatable bonds is 4. The fourth-order valence-electron chi connectivity index (χ4n) is 1.58. The summed E-state index contributed by atoms with van der Waals surface area (Å²) in [6.07, 6.45) is 0.148. The number of carbonyl (C=O) groups is 2. The van der Waals surface area contributed by atoms with E-state index in [4.69, 9.17) is 16.3 Å². The molecule has 1 amide bonds. The molecule has 0 aliphatic carbocycles. The molecule has 0 saturated heterocycles. The number of anilines is 1. The number of ether oxygens (including phenoxy) is 1. The van der Waals surface area contributed by atoms with E-state index in [0.29, 0.717) is 0 Å². The first-order chi connectivity index (χ1) is 10.5. The van der Waals surface area contributed by atoms with Crippen LogP contribution in [0.1, 0.15) is 17.3 Å². The molecule has 0 unspecified atom stereocenters. The Kier molecular flexibility index (Phi) is 5.06. The Hall–Kier alpha value is -2.47. The highest BCUT2D eigenvalue weighted by atomic mass is 35.5. The Bertz CT molecular complexity index is 691. The van der Waals surface area contributed by atoms with Gasteiger partial charge in [-0.3, -0.25) is 4.79 Å². The molecule has 1 N–H and O–H groups in total. The number of esters is 1. The highest BCUT2D eigenvalue weighted by Gasteiger charge is 2.20. The molecule has 0 bridgehead atoms. The first-order valence-corrected chi connectivity index (χ1v) is 6.73. The number of benzene rings is 1. The zero-order valence-corrected chi connectivity index (χ0v) is 12.3. The zero-order valence-electron chi connectivity index (χ0n) is 11.5. The summed E-state index contributed by atoms with van der Waals surface area (Å²) in [5.74, 6) is -1.93. The van der Waals surface area contributed by atoms with Gasteiger partial charge >= 0.3 is 5.97 Å². The maximum Gasteiger partial charge on any atom is 0.340 e. The number of carbonyl (C=O) groups excluding carboxylic acids is 2. The predicted molar refractivity (Wildman–Crippen MR) is 79.2 cm³/mol. The quantitative estimate of drug-likeness (QED) is 0.694. The number of hydrogen-bond acceptors (Lipinski definition) is 4. The van der Waals surface area contributed by atoms with Gasteiger partial charge in [0.1, 0.15) is 11.0 Å². The van der Waals surface area contributed by atoms with Gasteiger partial charge in [-0.15, -0.1) is 0 Å². The van der Waals surface area contributed by atoms with Crippen molar-refractivity contribution in [2.24, 2.45) is 0 Å². The summed E-state index contributed by atoms with van der Waals surface area (Å²) in [6, 6.07) is 8.56. The Morgan fingerprint density at radius 2 is 2.00 bits per heavy atom. The molecule has 0 spiro atoms. The summed E-state index contributed by atoms with van der Waals surface area (Å²) in [5.41, 5.74) is 0.179. The van der Waals surface area contributed by atoms with E-state index in [9.17, 15) is 14.0 Å². The lowest BCUT2D eigenvalue weighted by molar-refractivity contribution is -0.123. The molecule has 7 heteroatoms. The van der Waals surface area contributed by atoms with Crippen LogP contribution in [-0.4, -0.2) is 23.0 Å². The van der Waals surface area contributed by atoms with Crippen LogP contribution in [0.15, 0.2) is 42.6 Å². The molecule has 0 radical (unpaired) electrons. The van der Waals surface area contributed by atoms with Crippen molar-refractivity contribution in [1.29, 1.82) is 0 Å². The highest BCUT2D eigenvalue weighted by Crippen LogP contribution is 2.14. The lowest BCUT2D eigenvalue weighted by Crippen LogP contribution is -2.30. The number of para-hydroxylation sites is 1. The third-order valence-corrected chi connectivity index (χ3v) is 2.97. The lowest BCUT2D eigenvalue weighted by atomic mass is 10.2. The van der Waals surface area contributed by atoms with E-state index < -0.39 is 23.8 Å². The third kappa shape index (κ3) is 4.02. The molecular formula is C15H12ClFN2O3. The molecule has 0 fully saturated rings. The third-order valence-electron chi connectivity index (χ3n) is 2.75. The molecular weight excluding hydrogens is 311 g/mol. The van der Waals surface area contributed by atoms with Crippen LogP contribution in [0.3, 0.4) is 0 Å². The monoisotopic (exact) mass is 322 g/mol. The number of aromatic nitrogens is 1. The summed E-state index contributed by atoms with van der Waals surface area (Å²) in [5, 5.41) is 2.59. The van der Waals surface area contributed by atoms with Gasteiger partial charge in [0.2, 0.25) is 0 Å². The normalized spacial score (nSPS) is 11.6. The molecule has 0 aliphatic heterocycles. The number of nitrogens with zero attached hydrogens (tertiary/aromatic N) is 1. The summed E-state index contributed by atoms with van der Waals surface area (Å²) in [7, 11) is 0. The maximum atomic E-state index is 13.4. The number of hydrogen-bond donors (Lipinski definition) is 1. The van der Waals surface area contributed by atoms with E-state index in [1.165, 1.54) is 43.5 Å². The van der Waals surface area contributed by atoms with E-state index in [1.807, 2.05) is 0 Å². The molecule has 5 nitrogen and oxygen atoms in total. The predicted octanol–water partition coefficient (Wildman–Crippen LogP) is 3.06. The molecule has 1 aromatic heterocycles. The fourth-order valence-corrected chi connectivity index (χ4v) is 1.69. The standard InChI is InChI=1S/C15H12ClFN2O3/c1-9(14(20)19-12-5-3-2-4-11(12)17)22-15(21)10-6-7-13(16)18-8-10/h2-9H,1H3,(H,19,20)/t9-/m0/s1. The van der Waals surface area contributed by atoms with Crippen molar-refractivity contribution >= 4 is 29.2 Å². The molecule has 22 heavy (non-hydrogen) atoms. The van der Waals surface area contributed by atoms with Gasteiger partial charge in [0.15, 0.2) is 6.10 Å². The van der Waals surface area contributed by atoms with Crippen LogP contribution in [-0.2, 0) is 9.53 Å². The fraction of sp³-hybridized carbons (Fsp3) is 0.133. The van der Waals surface area contributed by atoms with Crippen LogP contribution in [0.4, 0.5) is 10.1 Å². The minimum absolute atomic E-state index is 0.0172. The molecule has 2 aromatic rings. The van der Waals surface area contributed by atoms with Crippen LogP contribution in [0, 0.1) is 5.82 Å². The van der Waals surface area contributed by atoms with E-state index in [0.717, 1.165) is 0 Å². The van der Waals surface area contributed by atoms with Crippen LogP contribution in [0.5, 0.6) is 0 Å². The van der Waals surface area contributed by atoms with Gasteiger partial charge in [-0.05, 0) is 31.2 Å². The number of halogens is 2. The maximum absolute atomic E-state index is 13.4. The minimum Gasteiger partial charge on any atom is -0.449 e. The second-order valence-corrected chi connectivity index (χ2v) is 4.77. The number of amides is 1. The van der Waals surface area contributed by atoms with Crippen LogP contribution in [0.2, 0.25) is 5.15 Å². The largest absolute Gasteiger partial charge is 0.449 e. The average molecular weight is 323 g/mol.